The van der Waals surface area contributed by atoms with Crippen LogP contribution >= 0.6 is 0 Å². The van der Waals surface area contributed by atoms with Gasteiger partial charge in [0.2, 0.25) is 0 Å². The Morgan fingerprint density at radius 1 is 1.32 bits per heavy atom. The minimum absolute atomic E-state index is 0.222. The predicted octanol–water partition coefficient (Wildman–Crippen LogP) is 2.04. The maximum Gasteiger partial charge on any atom is 0.144 e. The third kappa shape index (κ3) is 5.37. The second kappa shape index (κ2) is 7.10. The van der Waals surface area contributed by atoms with Crippen molar-refractivity contribution in [3.05, 3.63) is 0 Å². The monoisotopic (exact) mass is 271 g/mol. The molecule has 112 valence electrons. The predicted molar refractivity (Wildman–Crippen MR) is 77.5 cm³/mol. The summed E-state index contributed by atoms with van der Waals surface area (Å²) in [6.07, 6.45) is 3.83. The number of nitrogens with two attached hydrogens (primary N) is 1. The summed E-state index contributed by atoms with van der Waals surface area (Å²) < 4.78 is 5.72. The van der Waals surface area contributed by atoms with E-state index in [4.69, 9.17) is 15.7 Å². The molecule has 5 nitrogen and oxygen atoms in total. The number of morpholine rings is 1. The Bertz CT molecular complexity index is 295. The van der Waals surface area contributed by atoms with Crippen LogP contribution in [0.3, 0.4) is 0 Å². The molecule has 1 aliphatic heterocycles. The summed E-state index contributed by atoms with van der Waals surface area (Å²) in [4.78, 5) is 2.47. The molecule has 2 unspecified atom stereocenters. The first-order valence-corrected chi connectivity index (χ1v) is 7.21. The maximum absolute atomic E-state index is 8.73. The minimum atomic E-state index is -0.222. The molecule has 0 aromatic rings. The van der Waals surface area contributed by atoms with Crippen LogP contribution in [0.2, 0.25) is 0 Å². The van der Waals surface area contributed by atoms with E-state index in [0.29, 0.717) is 18.0 Å². The standard InChI is InChI=1S/C14H29N3O2/c1-11-9-17(10-12(2)19-11)8-6-5-7-14(3,4)13(15)16-18/h11-12,18H,5-10H2,1-4H3,(H2,15,16). The van der Waals surface area contributed by atoms with E-state index in [1.807, 2.05) is 13.8 Å². The van der Waals surface area contributed by atoms with Crippen molar-refractivity contribution in [2.24, 2.45) is 16.3 Å². The SMILES string of the molecule is CC1CN(CCCCC(C)(C)C(N)=NO)CC(C)O1. The molecule has 1 saturated heterocycles. The molecule has 3 N–H and O–H groups in total. The van der Waals surface area contributed by atoms with Gasteiger partial charge in [0.1, 0.15) is 5.84 Å². The summed E-state index contributed by atoms with van der Waals surface area (Å²) in [5.74, 6) is 0.320. The van der Waals surface area contributed by atoms with Gasteiger partial charge in [0, 0.05) is 18.5 Å². The Kier molecular flexibility index (Phi) is 6.07. The molecule has 0 aliphatic carbocycles. The summed E-state index contributed by atoms with van der Waals surface area (Å²) in [5, 5.41) is 11.8. The molecule has 0 aromatic heterocycles. The van der Waals surface area contributed by atoms with Crippen molar-refractivity contribution in [2.45, 2.75) is 59.2 Å². The van der Waals surface area contributed by atoms with Crippen LogP contribution in [0.15, 0.2) is 5.16 Å². The van der Waals surface area contributed by atoms with Crippen LogP contribution in [0.25, 0.3) is 0 Å². The van der Waals surface area contributed by atoms with Gasteiger partial charge in [0.25, 0.3) is 0 Å². The van der Waals surface area contributed by atoms with Crippen molar-refractivity contribution >= 4 is 5.84 Å². The third-order valence-corrected chi connectivity index (χ3v) is 3.82. The lowest BCUT2D eigenvalue weighted by atomic mass is 9.86. The van der Waals surface area contributed by atoms with E-state index in [0.717, 1.165) is 38.9 Å². The molecule has 2 atom stereocenters. The zero-order valence-corrected chi connectivity index (χ0v) is 12.7. The van der Waals surface area contributed by atoms with Gasteiger partial charge in [-0.3, -0.25) is 4.90 Å². The van der Waals surface area contributed by atoms with Crippen molar-refractivity contribution in [1.82, 2.24) is 4.90 Å². The summed E-state index contributed by atoms with van der Waals surface area (Å²) >= 11 is 0. The van der Waals surface area contributed by atoms with Gasteiger partial charge >= 0.3 is 0 Å². The van der Waals surface area contributed by atoms with Gasteiger partial charge in [0.05, 0.1) is 12.2 Å². The van der Waals surface area contributed by atoms with Crippen LogP contribution in [-0.4, -0.2) is 47.8 Å². The molecule has 0 bridgehead atoms. The summed E-state index contributed by atoms with van der Waals surface area (Å²) in [5.41, 5.74) is 5.46. The first kappa shape index (κ1) is 16.2. The Balaban J connectivity index is 2.24. The lowest BCUT2D eigenvalue weighted by molar-refractivity contribution is -0.0682. The maximum atomic E-state index is 8.73. The molecule has 1 aliphatic rings. The highest BCUT2D eigenvalue weighted by Gasteiger charge is 2.24. The number of ether oxygens (including phenoxy) is 1. The summed E-state index contributed by atoms with van der Waals surface area (Å²) in [6, 6.07) is 0. The minimum Gasteiger partial charge on any atom is -0.409 e. The Labute approximate surface area is 116 Å². The number of unbranched alkanes of at least 4 members (excludes halogenated alkanes) is 1. The molecule has 5 heteroatoms. The molecular weight excluding hydrogens is 242 g/mol. The first-order chi connectivity index (χ1) is 8.85. The van der Waals surface area contributed by atoms with E-state index in [1.54, 1.807) is 0 Å². The lowest BCUT2D eigenvalue weighted by Gasteiger charge is -2.35. The van der Waals surface area contributed by atoms with E-state index in [2.05, 4.69) is 23.9 Å². The lowest BCUT2D eigenvalue weighted by Crippen LogP contribution is -2.45. The zero-order chi connectivity index (χ0) is 14.5. The zero-order valence-electron chi connectivity index (χ0n) is 12.7. The van der Waals surface area contributed by atoms with E-state index in [1.165, 1.54) is 0 Å². The molecule has 19 heavy (non-hydrogen) atoms. The molecule has 0 radical (unpaired) electrons. The first-order valence-electron chi connectivity index (χ1n) is 7.21. The smallest absolute Gasteiger partial charge is 0.144 e. The topological polar surface area (TPSA) is 71.1 Å². The van der Waals surface area contributed by atoms with E-state index < -0.39 is 0 Å². The van der Waals surface area contributed by atoms with E-state index in [9.17, 15) is 0 Å². The van der Waals surface area contributed by atoms with Crippen LogP contribution in [0.4, 0.5) is 0 Å². The molecule has 0 amide bonds. The highest BCUT2D eigenvalue weighted by Crippen LogP contribution is 2.23. The largest absolute Gasteiger partial charge is 0.409 e. The summed E-state index contributed by atoms with van der Waals surface area (Å²) in [7, 11) is 0. The van der Waals surface area contributed by atoms with Gasteiger partial charge in [-0.25, -0.2) is 0 Å². The second-order valence-electron chi connectivity index (χ2n) is 6.34. The van der Waals surface area contributed by atoms with Gasteiger partial charge in [0.15, 0.2) is 0 Å². The van der Waals surface area contributed by atoms with Crippen LogP contribution in [-0.2, 0) is 4.74 Å². The molecule has 0 aromatic carbocycles. The van der Waals surface area contributed by atoms with Crippen molar-refractivity contribution in [3.8, 4) is 0 Å². The normalized spacial score (nSPS) is 26.6. The number of hydrogen-bond acceptors (Lipinski definition) is 4. The Morgan fingerprint density at radius 2 is 1.89 bits per heavy atom. The van der Waals surface area contributed by atoms with Gasteiger partial charge in [-0.1, -0.05) is 25.4 Å². The highest BCUT2D eigenvalue weighted by atomic mass is 16.5. The molecule has 1 heterocycles. The van der Waals surface area contributed by atoms with Crippen LogP contribution in [0.5, 0.6) is 0 Å². The number of nitrogens with zero attached hydrogens (tertiary/aromatic N) is 2. The molecule has 1 fully saturated rings. The molecule has 0 spiro atoms. The third-order valence-electron chi connectivity index (χ3n) is 3.82. The van der Waals surface area contributed by atoms with Gasteiger partial charge < -0.3 is 15.7 Å². The van der Waals surface area contributed by atoms with Gasteiger partial charge in [-0.2, -0.15) is 0 Å². The molecule has 1 rings (SSSR count). The summed E-state index contributed by atoms with van der Waals surface area (Å²) in [6.45, 7) is 11.4. The average molecular weight is 271 g/mol. The van der Waals surface area contributed by atoms with Crippen molar-refractivity contribution in [3.63, 3.8) is 0 Å². The van der Waals surface area contributed by atoms with Crippen molar-refractivity contribution in [2.75, 3.05) is 19.6 Å². The van der Waals surface area contributed by atoms with Crippen molar-refractivity contribution < 1.29 is 9.94 Å². The average Bonchev–Trinajstić information content (AvgIpc) is 2.32. The fourth-order valence-electron chi connectivity index (χ4n) is 2.63. The number of oxime groups is 1. The second-order valence-corrected chi connectivity index (χ2v) is 6.34. The van der Waals surface area contributed by atoms with Gasteiger partial charge in [-0.05, 0) is 33.2 Å². The fourth-order valence-corrected chi connectivity index (χ4v) is 2.63. The highest BCUT2D eigenvalue weighted by molar-refractivity contribution is 5.85. The van der Waals surface area contributed by atoms with Crippen LogP contribution in [0, 0.1) is 5.41 Å². The Morgan fingerprint density at radius 3 is 2.42 bits per heavy atom. The fraction of sp³-hybridized carbons (Fsp3) is 0.929. The molecular formula is C14H29N3O2. The van der Waals surface area contributed by atoms with Gasteiger partial charge in [-0.15, -0.1) is 0 Å². The molecule has 0 saturated carbocycles. The van der Waals surface area contributed by atoms with E-state index in [-0.39, 0.29) is 5.41 Å². The van der Waals surface area contributed by atoms with E-state index >= 15 is 0 Å². The quantitative estimate of drug-likeness (QED) is 0.255. The number of hydrogen-bond donors (Lipinski definition) is 2. The number of amidine groups is 1. The van der Waals surface area contributed by atoms with Crippen molar-refractivity contribution in [1.29, 1.82) is 0 Å². The Hall–Kier alpha value is -0.810. The van der Waals surface area contributed by atoms with Crippen LogP contribution in [0.1, 0.15) is 47.0 Å². The van der Waals surface area contributed by atoms with Crippen LogP contribution < -0.4 is 5.73 Å². The number of rotatable bonds is 6.